The van der Waals surface area contributed by atoms with Crippen LogP contribution >= 0.6 is 11.6 Å². The van der Waals surface area contributed by atoms with Crippen molar-refractivity contribution in [3.05, 3.63) is 71.2 Å². The van der Waals surface area contributed by atoms with Crippen molar-refractivity contribution in [1.82, 2.24) is 0 Å². The van der Waals surface area contributed by atoms with Crippen LogP contribution in [0.3, 0.4) is 0 Å². The lowest BCUT2D eigenvalue weighted by Crippen LogP contribution is -2.16. The van der Waals surface area contributed by atoms with Crippen LogP contribution in [0.5, 0.6) is 0 Å². The van der Waals surface area contributed by atoms with Gasteiger partial charge in [-0.05, 0) is 60.9 Å². The summed E-state index contributed by atoms with van der Waals surface area (Å²) in [5.74, 6) is 0. The van der Waals surface area contributed by atoms with Crippen LogP contribution in [0.2, 0.25) is 5.02 Å². The molecule has 0 amide bonds. The van der Waals surface area contributed by atoms with Gasteiger partial charge in [0.25, 0.3) is 0 Å². The number of rotatable bonds is 2. The summed E-state index contributed by atoms with van der Waals surface area (Å²) in [6.45, 7) is 3.57. The van der Waals surface area contributed by atoms with E-state index < -0.39 is 5.60 Å². The quantitative estimate of drug-likeness (QED) is 0.477. The van der Waals surface area contributed by atoms with Gasteiger partial charge in [-0.1, -0.05) is 41.9 Å². The van der Waals surface area contributed by atoms with E-state index in [0.717, 1.165) is 38.6 Å². The molecule has 0 spiro atoms. The van der Waals surface area contributed by atoms with E-state index in [1.165, 1.54) is 0 Å². The average molecular weight is 337 g/mol. The van der Waals surface area contributed by atoms with E-state index in [9.17, 15) is 5.11 Å². The largest absolute Gasteiger partial charge is 0.456 e. The van der Waals surface area contributed by atoms with Gasteiger partial charge < -0.3 is 9.52 Å². The molecule has 0 unspecified atom stereocenters. The molecule has 2 nitrogen and oxygen atoms in total. The third-order valence-corrected chi connectivity index (χ3v) is 4.56. The summed E-state index contributed by atoms with van der Waals surface area (Å²) in [4.78, 5) is 0. The fourth-order valence-electron chi connectivity index (χ4n) is 3.18. The average Bonchev–Trinajstić information content (AvgIpc) is 2.91. The highest BCUT2D eigenvalue weighted by Crippen LogP contribution is 2.37. The van der Waals surface area contributed by atoms with Crippen molar-refractivity contribution in [2.75, 3.05) is 0 Å². The number of hydrogen-bond acceptors (Lipinski definition) is 2. The number of fused-ring (bicyclic) bond motifs is 3. The minimum atomic E-state index is -0.951. The predicted octanol–water partition coefficient (Wildman–Crippen LogP) is 6.13. The van der Waals surface area contributed by atoms with E-state index >= 15 is 0 Å². The number of halogens is 1. The molecule has 0 radical (unpaired) electrons. The van der Waals surface area contributed by atoms with E-state index in [2.05, 4.69) is 12.1 Å². The lowest BCUT2D eigenvalue weighted by molar-refractivity contribution is 0.0792. The second-order valence-corrected chi connectivity index (χ2v) is 6.99. The first-order valence-electron chi connectivity index (χ1n) is 7.87. The fourth-order valence-corrected chi connectivity index (χ4v) is 3.35. The Hall–Kier alpha value is -2.29. The molecule has 4 rings (SSSR count). The van der Waals surface area contributed by atoms with Gasteiger partial charge in [0.05, 0.1) is 5.60 Å². The Morgan fingerprint density at radius 1 is 0.875 bits per heavy atom. The normalized spacial score (nSPS) is 12.2. The Morgan fingerprint density at radius 3 is 2.42 bits per heavy atom. The van der Waals surface area contributed by atoms with Crippen molar-refractivity contribution in [2.45, 2.75) is 19.4 Å². The highest BCUT2D eigenvalue weighted by molar-refractivity contribution is 6.31. The zero-order valence-electron chi connectivity index (χ0n) is 13.5. The summed E-state index contributed by atoms with van der Waals surface area (Å²) in [7, 11) is 0. The minimum Gasteiger partial charge on any atom is -0.456 e. The molecule has 1 N–H and O–H groups in total. The van der Waals surface area contributed by atoms with Crippen molar-refractivity contribution in [3.8, 4) is 11.1 Å². The maximum Gasteiger partial charge on any atom is 0.135 e. The number of aliphatic hydroxyl groups is 1. The Labute approximate surface area is 145 Å². The van der Waals surface area contributed by atoms with Crippen molar-refractivity contribution >= 4 is 33.5 Å². The Bertz CT molecular complexity index is 1050. The molecule has 0 saturated carbocycles. The zero-order chi connectivity index (χ0) is 16.9. The van der Waals surface area contributed by atoms with Crippen molar-refractivity contribution in [3.63, 3.8) is 0 Å². The zero-order valence-corrected chi connectivity index (χ0v) is 14.3. The first kappa shape index (κ1) is 15.3. The molecule has 120 valence electrons. The van der Waals surface area contributed by atoms with Crippen LogP contribution in [0.1, 0.15) is 19.4 Å². The van der Waals surface area contributed by atoms with E-state index in [1.54, 1.807) is 13.8 Å². The summed E-state index contributed by atoms with van der Waals surface area (Å²) in [5, 5.41) is 13.3. The topological polar surface area (TPSA) is 33.4 Å². The molecule has 0 saturated heterocycles. The molecule has 1 heterocycles. The van der Waals surface area contributed by atoms with E-state index in [4.69, 9.17) is 16.0 Å². The van der Waals surface area contributed by atoms with E-state index in [0.29, 0.717) is 5.02 Å². The van der Waals surface area contributed by atoms with Gasteiger partial charge in [-0.3, -0.25) is 0 Å². The van der Waals surface area contributed by atoms with Crippen LogP contribution in [0, 0.1) is 0 Å². The van der Waals surface area contributed by atoms with Gasteiger partial charge >= 0.3 is 0 Å². The molecule has 3 heteroatoms. The summed E-state index contributed by atoms with van der Waals surface area (Å²) in [5.41, 5.74) is 3.56. The Balaban J connectivity index is 2.00. The summed E-state index contributed by atoms with van der Waals surface area (Å²) in [6, 6.07) is 19.7. The molecule has 3 aromatic carbocycles. The summed E-state index contributed by atoms with van der Waals surface area (Å²) >= 11 is 6.21. The maximum absolute atomic E-state index is 10.5. The number of furan rings is 1. The van der Waals surface area contributed by atoms with Gasteiger partial charge in [0.2, 0.25) is 0 Å². The van der Waals surface area contributed by atoms with Gasteiger partial charge in [0.1, 0.15) is 11.2 Å². The molecule has 24 heavy (non-hydrogen) atoms. The molecular weight excluding hydrogens is 320 g/mol. The van der Waals surface area contributed by atoms with Crippen molar-refractivity contribution in [2.24, 2.45) is 0 Å². The van der Waals surface area contributed by atoms with Crippen LogP contribution in [0.4, 0.5) is 0 Å². The molecule has 1 aromatic heterocycles. The Kier molecular flexibility index (Phi) is 3.41. The smallest absolute Gasteiger partial charge is 0.135 e. The third-order valence-electron chi connectivity index (χ3n) is 4.33. The monoisotopic (exact) mass is 336 g/mol. The summed E-state index contributed by atoms with van der Waals surface area (Å²) in [6.07, 6.45) is 0. The van der Waals surface area contributed by atoms with Crippen LogP contribution in [0.15, 0.2) is 65.1 Å². The highest BCUT2D eigenvalue weighted by atomic mass is 35.5. The number of benzene rings is 3. The highest BCUT2D eigenvalue weighted by Gasteiger charge is 2.21. The SMILES string of the molecule is CC(C)(O)c1ccc(Cl)cc1-c1ccc2oc3ccccc3c2c1. The summed E-state index contributed by atoms with van der Waals surface area (Å²) < 4.78 is 5.89. The molecule has 0 aliphatic heterocycles. The first-order chi connectivity index (χ1) is 11.4. The van der Waals surface area contributed by atoms with Crippen molar-refractivity contribution in [1.29, 1.82) is 0 Å². The fraction of sp³-hybridized carbons (Fsp3) is 0.143. The second-order valence-electron chi connectivity index (χ2n) is 6.56. The molecule has 0 bridgehead atoms. The van der Waals surface area contributed by atoms with Gasteiger partial charge in [0, 0.05) is 15.8 Å². The van der Waals surface area contributed by atoms with E-state index in [-0.39, 0.29) is 0 Å². The van der Waals surface area contributed by atoms with Crippen LogP contribution < -0.4 is 0 Å². The molecular formula is C21H17ClO2. The standard InChI is InChI=1S/C21H17ClO2/c1-21(2,23)18-9-8-14(22)12-16(18)13-7-10-20-17(11-13)15-5-3-4-6-19(15)24-20/h3-12,23H,1-2H3. The lowest BCUT2D eigenvalue weighted by Gasteiger charge is -2.22. The molecule has 4 aromatic rings. The first-order valence-corrected chi connectivity index (χ1v) is 8.25. The van der Waals surface area contributed by atoms with Crippen LogP contribution in [-0.4, -0.2) is 5.11 Å². The predicted molar refractivity (Wildman–Crippen MR) is 99.4 cm³/mol. The lowest BCUT2D eigenvalue weighted by atomic mass is 9.89. The Morgan fingerprint density at radius 2 is 1.62 bits per heavy atom. The maximum atomic E-state index is 10.5. The molecule has 0 aliphatic rings. The van der Waals surface area contributed by atoms with Crippen molar-refractivity contribution < 1.29 is 9.52 Å². The van der Waals surface area contributed by atoms with Gasteiger partial charge in [-0.25, -0.2) is 0 Å². The van der Waals surface area contributed by atoms with E-state index in [1.807, 2.05) is 48.5 Å². The van der Waals surface area contributed by atoms with Gasteiger partial charge in [0.15, 0.2) is 0 Å². The van der Waals surface area contributed by atoms with Crippen LogP contribution in [0.25, 0.3) is 33.1 Å². The minimum absolute atomic E-state index is 0.648. The van der Waals surface area contributed by atoms with Crippen LogP contribution in [-0.2, 0) is 5.60 Å². The van der Waals surface area contributed by atoms with Gasteiger partial charge in [-0.15, -0.1) is 0 Å². The second kappa shape index (κ2) is 5.37. The third kappa shape index (κ3) is 2.48. The molecule has 0 aliphatic carbocycles. The number of hydrogen-bond donors (Lipinski definition) is 1. The number of para-hydroxylation sites is 1. The molecule has 0 atom stereocenters. The van der Waals surface area contributed by atoms with Gasteiger partial charge in [-0.2, -0.15) is 0 Å². The molecule has 0 fully saturated rings.